The smallest absolute Gasteiger partial charge is 0.0728 e. The van der Waals surface area contributed by atoms with E-state index in [-0.39, 0.29) is 0 Å². The zero-order valence-electron chi connectivity index (χ0n) is 5.47. The molecule has 0 aromatic carbocycles. The van der Waals surface area contributed by atoms with E-state index < -0.39 is 0 Å². The summed E-state index contributed by atoms with van der Waals surface area (Å²) < 4.78 is 5.21. The van der Waals surface area contributed by atoms with Gasteiger partial charge in [0.25, 0.3) is 0 Å². The third kappa shape index (κ3) is 1.23. The van der Waals surface area contributed by atoms with Gasteiger partial charge in [0.15, 0.2) is 0 Å². The van der Waals surface area contributed by atoms with Crippen LogP contribution in [0.4, 0.5) is 0 Å². The Morgan fingerprint density at radius 3 is 2.56 bits per heavy atom. The largest absolute Gasteiger partial charge is 0.379 e. The van der Waals surface area contributed by atoms with Gasteiger partial charge in [0, 0.05) is 19.6 Å². The van der Waals surface area contributed by atoms with Crippen LogP contribution in [0.5, 0.6) is 0 Å². The zero-order chi connectivity index (χ0) is 6.10. The molecule has 0 aromatic rings. The molecule has 0 spiro atoms. The van der Waals surface area contributed by atoms with Crippen LogP contribution in [0.2, 0.25) is 0 Å². The first kappa shape index (κ1) is 5.65. The van der Waals surface area contributed by atoms with E-state index in [2.05, 4.69) is 10.2 Å². The summed E-state index contributed by atoms with van der Waals surface area (Å²) in [7, 11) is 0. The number of hydrogen-bond donors (Lipinski definition) is 1. The molecule has 2 rings (SSSR count). The molecule has 1 unspecified atom stereocenters. The molecule has 2 fully saturated rings. The average molecular weight is 128 g/mol. The topological polar surface area (TPSA) is 34.4 Å². The maximum atomic E-state index is 5.21. The highest BCUT2D eigenvalue weighted by atomic mass is 16.5. The van der Waals surface area contributed by atoms with Gasteiger partial charge in [-0.1, -0.05) is 0 Å². The quantitative estimate of drug-likeness (QED) is 0.472. The van der Waals surface area contributed by atoms with Crippen LogP contribution >= 0.6 is 0 Å². The van der Waals surface area contributed by atoms with Crippen LogP contribution in [0.1, 0.15) is 0 Å². The van der Waals surface area contributed by atoms with Gasteiger partial charge in [-0.15, -0.1) is 0 Å². The highest BCUT2D eigenvalue weighted by Gasteiger charge is 2.28. The molecule has 0 radical (unpaired) electrons. The highest BCUT2D eigenvalue weighted by molar-refractivity contribution is 4.84. The zero-order valence-corrected chi connectivity index (χ0v) is 5.47. The molecular weight excluding hydrogens is 116 g/mol. The number of rotatable bonds is 1. The molecule has 2 aliphatic rings. The number of nitrogens with one attached hydrogen (secondary N) is 1. The van der Waals surface area contributed by atoms with E-state index in [1.54, 1.807) is 0 Å². The lowest BCUT2D eigenvalue weighted by atomic mass is 10.4. The Labute approximate surface area is 55.0 Å². The Bertz CT molecular complexity index is 97.2. The van der Waals surface area contributed by atoms with Crippen LogP contribution in [0.3, 0.4) is 0 Å². The summed E-state index contributed by atoms with van der Waals surface area (Å²) in [4.78, 5) is 2.43. The Morgan fingerprint density at radius 1 is 1.33 bits per heavy atom. The van der Waals surface area contributed by atoms with Gasteiger partial charge in [-0.3, -0.25) is 10.2 Å². The van der Waals surface area contributed by atoms with Gasteiger partial charge >= 0.3 is 0 Å². The first-order valence-electron chi connectivity index (χ1n) is 3.52. The van der Waals surface area contributed by atoms with Gasteiger partial charge in [0.05, 0.1) is 19.4 Å². The third-order valence-corrected chi connectivity index (χ3v) is 1.87. The van der Waals surface area contributed by atoms with Crippen LogP contribution in [0, 0.1) is 0 Å². The Balaban J connectivity index is 1.80. The van der Waals surface area contributed by atoms with Crippen LogP contribution in [0.25, 0.3) is 0 Å². The number of nitrogens with zero attached hydrogens (tertiary/aromatic N) is 1. The van der Waals surface area contributed by atoms with Crippen molar-refractivity contribution in [2.45, 2.75) is 6.17 Å². The molecule has 9 heavy (non-hydrogen) atoms. The number of morpholine rings is 1. The van der Waals surface area contributed by atoms with E-state index in [9.17, 15) is 0 Å². The molecular formula is C6H12N2O. The van der Waals surface area contributed by atoms with Crippen LogP contribution < -0.4 is 5.32 Å². The van der Waals surface area contributed by atoms with Gasteiger partial charge in [-0.2, -0.15) is 0 Å². The van der Waals surface area contributed by atoms with Crippen molar-refractivity contribution in [2.24, 2.45) is 0 Å². The molecule has 2 saturated heterocycles. The SMILES string of the molecule is C1CN(C2CN2)CCO1. The average Bonchev–Trinajstić information content (AvgIpc) is 2.71. The second kappa shape index (κ2) is 2.25. The molecule has 1 N–H and O–H groups in total. The van der Waals surface area contributed by atoms with Crippen LogP contribution in [-0.2, 0) is 4.74 Å². The van der Waals surface area contributed by atoms with Crippen molar-refractivity contribution < 1.29 is 4.74 Å². The Kier molecular flexibility index (Phi) is 1.41. The predicted molar refractivity (Wildman–Crippen MR) is 34.2 cm³/mol. The summed E-state index contributed by atoms with van der Waals surface area (Å²) in [5.74, 6) is 0. The van der Waals surface area contributed by atoms with Gasteiger partial charge in [0.1, 0.15) is 0 Å². The fourth-order valence-electron chi connectivity index (χ4n) is 1.20. The van der Waals surface area contributed by atoms with Crippen molar-refractivity contribution in [1.29, 1.82) is 0 Å². The summed E-state index contributed by atoms with van der Waals surface area (Å²) in [6, 6.07) is 0. The van der Waals surface area contributed by atoms with E-state index in [0.717, 1.165) is 26.3 Å². The molecule has 3 heteroatoms. The van der Waals surface area contributed by atoms with E-state index in [1.165, 1.54) is 6.54 Å². The standard InChI is InChI=1S/C6H12N2O/c1-3-9-4-2-8(1)6-5-7-6/h6-7H,1-5H2. The summed E-state index contributed by atoms with van der Waals surface area (Å²) in [5, 5.41) is 3.27. The molecule has 1 atom stereocenters. The first-order chi connectivity index (χ1) is 4.47. The monoisotopic (exact) mass is 128 g/mol. The Hall–Kier alpha value is -0.120. The van der Waals surface area contributed by atoms with E-state index in [1.807, 2.05) is 0 Å². The first-order valence-corrected chi connectivity index (χ1v) is 3.52. The van der Waals surface area contributed by atoms with Crippen molar-refractivity contribution in [3.63, 3.8) is 0 Å². The minimum atomic E-state index is 0.689. The maximum absolute atomic E-state index is 5.21. The molecule has 2 aliphatic heterocycles. The summed E-state index contributed by atoms with van der Waals surface area (Å²) in [5.41, 5.74) is 0. The van der Waals surface area contributed by atoms with Crippen molar-refractivity contribution in [3.05, 3.63) is 0 Å². The summed E-state index contributed by atoms with van der Waals surface area (Å²) in [6.07, 6.45) is 0.689. The number of ether oxygens (including phenoxy) is 1. The normalized spacial score (nSPS) is 36.7. The molecule has 2 heterocycles. The van der Waals surface area contributed by atoms with Gasteiger partial charge in [-0.25, -0.2) is 0 Å². The lowest BCUT2D eigenvalue weighted by Gasteiger charge is -2.25. The third-order valence-electron chi connectivity index (χ3n) is 1.87. The summed E-state index contributed by atoms with van der Waals surface area (Å²) >= 11 is 0. The molecule has 3 nitrogen and oxygen atoms in total. The number of hydrogen-bond acceptors (Lipinski definition) is 3. The molecule has 0 saturated carbocycles. The van der Waals surface area contributed by atoms with E-state index in [0.29, 0.717) is 6.17 Å². The predicted octanol–water partition coefficient (Wildman–Crippen LogP) is -0.752. The fraction of sp³-hybridized carbons (Fsp3) is 1.00. The lowest BCUT2D eigenvalue weighted by Crippen LogP contribution is -2.39. The molecule has 0 aromatic heterocycles. The van der Waals surface area contributed by atoms with E-state index >= 15 is 0 Å². The Morgan fingerprint density at radius 2 is 2.00 bits per heavy atom. The maximum Gasteiger partial charge on any atom is 0.0728 e. The fourth-order valence-corrected chi connectivity index (χ4v) is 1.20. The van der Waals surface area contributed by atoms with Crippen LogP contribution in [0.15, 0.2) is 0 Å². The van der Waals surface area contributed by atoms with Crippen molar-refractivity contribution in [2.75, 3.05) is 32.8 Å². The van der Waals surface area contributed by atoms with Gasteiger partial charge < -0.3 is 4.74 Å². The van der Waals surface area contributed by atoms with Crippen molar-refractivity contribution >= 4 is 0 Å². The lowest BCUT2D eigenvalue weighted by molar-refractivity contribution is 0.0333. The second-order valence-electron chi connectivity index (χ2n) is 2.57. The molecule has 0 bridgehead atoms. The van der Waals surface area contributed by atoms with Gasteiger partial charge in [-0.05, 0) is 0 Å². The highest BCUT2D eigenvalue weighted by Crippen LogP contribution is 2.07. The summed E-state index contributed by atoms with van der Waals surface area (Å²) in [6.45, 7) is 5.23. The van der Waals surface area contributed by atoms with E-state index in [4.69, 9.17) is 4.74 Å². The van der Waals surface area contributed by atoms with Crippen molar-refractivity contribution in [1.82, 2.24) is 10.2 Å². The van der Waals surface area contributed by atoms with Crippen LogP contribution in [-0.4, -0.2) is 43.9 Å². The minimum Gasteiger partial charge on any atom is -0.379 e. The molecule has 0 amide bonds. The molecule has 0 aliphatic carbocycles. The molecule has 52 valence electrons. The minimum absolute atomic E-state index is 0.689. The van der Waals surface area contributed by atoms with Crippen molar-refractivity contribution in [3.8, 4) is 0 Å². The van der Waals surface area contributed by atoms with Gasteiger partial charge in [0.2, 0.25) is 0 Å². The second-order valence-corrected chi connectivity index (χ2v) is 2.57.